The van der Waals surface area contributed by atoms with E-state index in [2.05, 4.69) is 41.4 Å². The Labute approximate surface area is 167 Å². The number of benzene rings is 1. The Balaban J connectivity index is 1.72. The van der Waals surface area contributed by atoms with Crippen molar-refractivity contribution >= 4 is 5.91 Å². The van der Waals surface area contributed by atoms with Crippen LogP contribution >= 0.6 is 0 Å². The monoisotopic (exact) mass is 384 g/mol. The molecule has 0 spiro atoms. The van der Waals surface area contributed by atoms with Gasteiger partial charge in [-0.05, 0) is 31.7 Å². The average Bonchev–Trinajstić information content (AvgIpc) is 3.18. The summed E-state index contributed by atoms with van der Waals surface area (Å²) in [4.78, 5) is 19.6. The van der Waals surface area contributed by atoms with Crippen LogP contribution in [-0.2, 0) is 16.9 Å². The van der Waals surface area contributed by atoms with E-state index in [-0.39, 0.29) is 24.0 Å². The average molecular weight is 385 g/mol. The predicted molar refractivity (Wildman–Crippen MR) is 109 cm³/mol. The van der Waals surface area contributed by atoms with Crippen molar-refractivity contribution < 1.29 is 9.32 Å². The highest BCUT2D eigenvalue weighted by Gasteiger charge is 2.38. The maximum Gasteiger partial charge on any atom is 0.237 e. The topological polar surface area (TPSA) is 71.3 Å². The van der Waals surface area contributed by atoms with Gasteiger partial charge in [-0.2, -0.15) is 4.98 Å². The lowest BCUT2D eigenvalue weighted by Gasteiger charge is -2.36. The van der Waals surface area contributed by atoms with E-state index in [0.717, 1.165) is 37.7 Å². The minimum absolute atomic E-state index is 0.114. The summed E-state index contributed by atoms with van der Waals surface area (Å²) >= 11 is 0. The summed E-state index contributed by atoms with van der Waals surface area (Å²) in [5.41, 5.74) is 0.789. The molecule has 6 nitrogen and oxygen atoms in total. The number of carbonyl (C=O) groups excluding carboxylic acids is 1. The van der Waals surface area contributed by atoms with Gasteiger partial charge in [0.2, 0.25) is 11.8 Å². The summed E-state index contributed by atoms with van der Waals surface area (Å²) in [5, 5.41) is 7.71. The first-order chi connectivity index (χ1) is 13.5. The highest BCUT2D eigenvalue weighted by Crippen LogP contribution is 2.35. The van der Waals surface area contributed by atoms with Gasteiger partial charge in [-0.15, -0.1) is 0 Å². The Morgan fingerprint density at radius 2 is 1.96 bits per heavy atom. The van der Waals surface area contributed by atoms with E-state index in [1.165, 1.54) is 6.42 Å². The maximum absolute atomic E-state index is 13.2. The molecule has 1 amide bonds. The van der Waals surface area contributed by atoms with E-state index in [4.69, 9.17) is 4.52 Å². The van der Waals surface area contributed by atoms with E-state index in [9.17, 15) is 4.79 Å². The first-order valence-electron chi connectivity index (χ1n) is 10.4. The van der Waals surface area contributed by atoms with E-state index < -0.39 is 0 Å². The van der Waals surface area contributed by atoms with Crippen LogP contribution in [0.2, 0.25) is 0 Å². The number of carbonyl (C=O) groups is 1. The summed E-state index contributed by atoms with van der Waals surface area (Å²) in [7, 11) is 0. The molecule has 0 saturated heterocycles. The molecule has 1 atom stereocenters. The van der Waals surface area contributed by atoms with Crippen molar-refractivity contribution in [2.45, 2.75) is 77.4 Å². The van der Waals surface area contributed by atoms with Crippen molar-refractivity contribution in [2.75, 3.05) is 6.54 Å². The standard InChI is InChI=1S/C22H32N4O2/c1-4-17(2)26(16-19-11-7-5-8-12-19)20(27)15-23-22(13-9-6-10-14-22)21-24-18(3)28-25-21/h5,7-8,11-12,17,23H,4,6,9-10,13-16H2,1-3H3. The molecule has 1 heterocycles. The van der Waals surface area contributed by atoms with Gasteiger partial charge in [-0.25, -0.2) is 0 Å². The van der Waals surface area contributed by atoms with Crippen molar-refractivity contribution in [2.24, 2.45) is 0 Å². The Hall–Kier alpha value is -2.21. The quantitative estimate of drug-likeness (QED) is 0.746. The van der Waals surface area contributed by atoms with Crippen LogP contribution < -0.4 is 5.32 Å². The molecule has 152 valence electrons. The van der Waals surface area contributed by atoms with Gasteiger partial charge in [0.25, 0.3) is 0 Å². The molecule has 0 radical (unpaired) electrons. The number of amides is 1. The molecule has 0 bridgehead atoms. The lowest BCUT2D eigenvalue weighted by Crippen LogP contribution is -2.51. The molecule has 1 fully saturated rings. The van der Waals surface area contributed by atoms with E-state index in [0.29, 0.717) is 18.3 Å². The fourth-order valence-electron chi connectivity index (χ4n) is 3.97. The Morgan fingerprint density at radius 3 is 2.57 bits per heavy atom. The number of aromatic nitrogens is 2. The van der Waals surface area contributed by atoms with E-state index in [1.54, 1.807) is 0 Å². The molecule has 1 aliphatic rings. The van der Waals surface area contributed by atoms with Crippen molar-refractivity contribution in [3.05, 3.63) is 47.6 Å². The molecule has 0 aliphatic heterocycles. The van der Waals surface area contributed by atoms with Crippen molar-refractivity contribution in [3.8, 4) is 0 Å². The molecule has 1 aromatic heterocycles. The zero-order valence-electron chi connectivity index (χ0n) is 17.3. The fraction of sp³-hybridized carbons (Fsp3) is 0.591. The first-order valence-corrected chi connectivity index (χ1v) is 10.4. The number of nitrogens with zero attached hydrogens (tertiary/aromatic N) is 3. The SMILES string of the molecule is CCC(C)N(Cc1ccccc1)C(=O)CNC1(c2noc(C)n2)CCCCC1. The lowest BCUT2D eigenvalue weighted by atomic mass is 9.81. The summed E-state index contributed by atoms with van der Waals surface area (Å²) in [6.45, 7) is 6.95. The summed E-state index contributed by atoms with van der Waals surface area (Å²) in [5.74, 6) is 1.37. The molecule has 1 aromatic carbocycles. The van der Waals surface area contributed by atoms with Crippen LogP contribution in [-0.4, -0.2) is 33.5 Å². The number of hydrogen-bond acceptors (Lipinski definition) is 5. The molecule has 6 heteroatoms. The van der Waals surface area contributed by atoms with Gasteiger partial charge in [0.05, 0.1) is 12.1 Å². The van der Waals surface area contributed by atoms with Crippen molar-refractivity contribution in [3.63, 3.8) is 0 Å². The third kappa shape index (κ3) is 4.79. The first kappa shape index (κ1) is 20.5. The van der Waals surface area contributed by atoms with Crippen LogP contribution in [0.5, 0.6) is 0 Å². The molecule has 1 unspecified atom stereocenters. The summed E-state index contributed by atoms with van der Waals surface area (Å²) in [6.07, 6.45) is 6.21. The number of nitrogens with one attached hydrogen (secondary N) is 1. The third-order valence-corrected chi connectivity index (χ3v) is 5.88. The second-order valence-corrected chi connectivity index (χ2v) is 7.90. The predicted octanol–water partition coefficient (Wildman–Crippen LogP) is 3.95. The minimum atomic E-state index is -0.362. The maximum atomic E-state index is 13.2. The zero-order valence-corrected chi connectivity index (χ0v) is 17.3. The Morgan fingerprint density at radius 1 is 1.25 bits per heavy atom. The third-order valence-electron chi connectivity index (χ3n) is 5.88. The molecular formula is C22H32N4O2. The van der Waals surface area contributed by atoms with Crippen LogP contribution in [0.15, 0.2) is 34.9 Å². The van der Waals surface area contributed by atoms with E-state index in [1.807, 2.05) is 30.0 Å². The molecular weight excluding hydrogens is 352 g/mol. The number of aryl methyl sites for hydroxylation is 1. The van der Waals surface area contributed by atoms with Gasteiger partial charge in [-0.1, -0.05) is 61.7 Å². The van der Waals surface area contributed by atoms with Crippen LogP contribution in [0.4, 0.5) is 0 Å². The Kier molecular flexibility index (Phi) is 6.83. The van der Waals surface area contributed by atoms with Crippen molar-refractivity contribution in [1.82, 2.24) is 20.4 Å². The molecule has 28 heavy (non-hydrogen) atoms. The van der Waals surface area contributed by atoms with Crippen LogP contribution in [0.1, 0.15) is 69.7 Å². The molecule has 1 aliphatic carbocycles. The van der Waals surface area contributed by atoms with Crippen LogP contribution in [0.3, 0.4) is 0 Å². The largest absolute Gasteiger partial charge is 0.340 e. The zero-order chi connectivity index (χ0) is 20.0. The van der Waals surface area contributed by atoms with E-state index >= 15 is 0 Å². The Bertz CT molecular complexity index is 753. The summed E-state index contributed by atoms with van der Waals surface area (Å²) in [6, 6.07) is 10.4. The molecule has 2 aromatic rings. The smallest absolute Gasteiger partial charge is 0.237 e. The number of hydrogen-bond donors (Lipinski definition) is 1. The molecule has 1 N–H and O–H groups in total. The van der Waals surface area contributed by atoms with Gasteiger partial charge in [0.1, 0.15) is 0 Å². The molecule has 3 rings (SSSR count). The second-order valence-electron chi connectivity index (χ2n) is 7.90. The van der Waals surface area contributed by atoms with Gasteiger partial charge in [-0.3, -0.25) is 10.1 Å². The van der Waals surface area contributed by atoms with Gasteiger partial charge in [0, 0.05) is 19.5 Å². The number of rotatable bonds is 8. The second kappa shape index (κ2) is 9.32. The van der Waals surface area contributed by atoms with Crippen LogP contribution in [0.25, 0.3) is 0 Å². The summed E-state index contributed by atoms with van der Waals surface area (Å²) < 4.78 is 5.24. The minimum Gasteiger partial charge on any atom is -0.340 e. The van der Waals surface area contributed by atoms with Gasteiger partial charge < -0.3 is 9.42 Å². The van der Waals surface area contributed by atoms with Crippen molar-refractivity contribution in [1.29, 1.82) is 0 Å². The highest BCUT2D eigenvalue weighted by atomic mass is 16.5. The van der Waals surface area contributed by atoms with Gasteiger partial charge in [0.15, 0.2) is 5.82 Å². The fourth-order valence-corrected chi connectivity index (χ4v) is 3.97. The highest BCUT2D eigenvalue weighted by molar-refractivity contribution is 5.78. The lowest BCUT2D eigenvalue weighted by molar-refractivity contribution is -0.133. The normalized spacial score (nSPS) is 17.2. The van der Waals surface area contributed by atoms with Crippen LogP contribution in [0, 0.1) is 6.92 Å². The van der Waals surface area contributed by atoms with Gasteiger partial charge >= 0.3 is 0 Å². The molecule has 1 saturated carbocycles.